The summed E-state index contributed by atoms with van der Waals surface area (Å²) in [4.78, 5) is 16.4. The van der Waals surface area contributed by atoms with E-state index in [9.17, 15) is 23.1 Å². The van der Waals surface area contributed by atoms with E-state index in [-0.39, 0.29) is 11.9 Å². The number of ether oxygens (including phenoxy) is 1. The second-order valence-corrected chi connectivity index (χ2v) is 9.90. The van der Waals surface area contributed by atoms with E-state index < -0.39 is 29.4 Å². The molecule has 1 heterocycles. The number of aliphatic hydroxyl groups excluding tert-OH is 1. The predicted octanol–water partition coefficient (Wildman–Crippen LogP) is 7.85. The maximum atomic E-state index is 13.1. The first kappa shape index (κ1) is 31.4. The summed E-state index contributed by atoms with van der Waals surface area (Å²) in [6, 6.07) is 4.93. The van der Waals surface area contributed by atoms with Crippen molar-refractivity contribution in [2.45, 2.75) is 85.6 Å². The van der Waals surface area contributed by atoms with E-state index in [2.05, 4.69) is 4.98 Å². The van der Waals surface area contributed by atoms with E-state index >= 15 is 0 Å². The van der Waals surface area contributed by atoms with Gasteiger partial charge >= 0.3 is 12.1 Å². The minimum Gasteiger partial charge on any atom is -0.460 e. The minimum absolute atomic E-state index is 0.296. The van der Waals surface area contributed by atoms with Crippen LogP contribution in [0.15, 0.2) is 60.5 Å². The van der Waals surface area contributed by atoms with Gasteiger partial charge in [-0.2, -0.15) is 13.2 Å². The number of nitrogens with zero attached hydrogens (tertiary/aromatic N) is 1. The molecule has 1 aromatic heterocycles. The van der Waals surface area contributed by atoms with Crippen molar-refractivity contribution in [1.29, 1.82) is 0 Å². The van der Waals surface area contributed by atoms with Gasteiger partial charge in [0.05, 0.1) is 17.6 Å². The highest BCUT2D eigenvalue weighted by Crippen LogP contribution is 2.33. The lowest BCUT2D eigenvalue weighted by atomic mass is 9.84. The molecule has 4 nitrogen and oxygen atoms in total. The molecular formula is C29H40F3NO3. The molecule has 0 bridgehead atoms. The SMILES string of the molecule is CC/C=C(\C=C/C(C)C(=O)OC(C)(C)C)C(CCC)C(O)c1cnccc(C(F)(F)F)ccc(C)c1. The van der Waals surface area contributed by atoms with Gasteiger partial charge in [0, 0.05) is 18.3 Å². The molecule has 0 fully saturated rings. The molecule has 7 heteroatoms. The van der Waals surface area contributed by atoms with Crippen molar-refractivity contribution >= 4 is 5.97 Å². The van der Waals surface area contributed by atoms with Crippen molar-refractivity contribution in [3.63, 3.8) is 0 Å². The van der Waals surface area contributed by atoms with Crippen LogP contribution in [0.2, 0.25) is 0 Å². The molecule has 3 atom stereocenters. The minimum atomic E-state index is -4.48. The lowest BCUT2D eigenvalue weighted by Gasteiger charge is -2.25. The summed E-state index contributed by atoms with van der Waals surface area (Å²) in [5.41, 5.74) is 0.534. The van der Waals surface area contributed by atoms with Gasteiger partial charge < -0.3 is 9.84 Å². The van der Waals surface area contributed by atoms with Gasteiger partial charge in [0.1, 0.15) is 5.60 Å². The van der Waals surface area contributed by atoms with E-state index in [1.165, 1.54) is 12.3 Å². The molecule has 3 unspecified atom stereocenters. The van der Waals surface area contributed by atoms with Crippen molar-refractivity contribution < 1.29 is 27.8 Å². The zero-order chi connectivity index (χ0) is 27.5. The molecule has 0 aliphatic carbocycles. The van der Waals surface area contributed by atoms with Crippen LogP contribution in [0.5, 0.6) is 0 Å². The van der Waals surface area contributed by atoms with Gasteiger partial charge in [0.25, 0.3) is 0 Å². The second-order valence-electron chi connectivity index (χ2n) is 9.90. The number of aryl methyl sites for hydroxylation is 1. The molecule has 0 saturated carbocycles. The number of hydrogen-bond acceptors (Lipinski definition) is 4. The summed E-state index contributed by atoms with van der Waals surface area (Å²) < 4.78 is 44.9. The third-order valence-corrected chi connectivity index (χ3v) is 5.36. The van der Waals surface area contributed by atoms with Gasteiger partial charge in [0.2, 0.25) is 0 Å². The highest BCUT2D eigenvalue weighted by molar-refractivity contribution is 5.74. The number of alkyl halides is 3. The molecule has 36 heavy (non-hydrogen) atoms. The van der Waals surface area contributed by atoms with Gasteiger partial charge in [-0.15, -0.1) is 0 Å². The van der Waals surface area contributed by atoms with Crippen LogP contribution in [-0.2, 0) is 15.7 Å². The van der Waals surface area contributed by atoms with Crippen LogP contribution in [0.25, 0.3) is 0 Å². The fourth-order valence-electron chi connectivity index (χ4n) is 3.59. The van der Waals surface area contributed by atoms with Gasteiger partial charge in [0.15, 0.2) is 0 Å². The van der Waals surface area contributed by atoms with Gasteiger partial charge in [-0.05, 0) is 70.7 Å². The first-order valence-corrected chi connectivity index (χ1v) is 12.4. The molecule has 0 aromatic carbocycles. The van der Waals surface area contributed by atoms with Crippen molar-refractivity contribution in [3.8, 4) is 0 Å². The van der Waals surface area contributed by atoms with Gasteiger partial charge in [-0.3, -0.25) is 9.78 Å². The maximum absolute atomic E-state index is 13.1. The van der Waals surface area contributed by atoms with E-state index in [1.807, 2.05) is 46.8 Å². The molecular weight excluding hydrogens is 467 g/mol. The van der Waals surface area contributed by atoms with E-state index in [0.717, 1.165) is 36.7 Å². The molecule has 0 spiro atoms. The number of carbonyl (C=O) groups is 1. The predicted molar refractivity (Wildman–Crippen MR) is 137 cm³/mol. The molecule has 1 rings (SSSR count). The van der Waals surface area contributed by atoms with Crippen molar-refractivity contribution in [3.05, 3.63) is 77.2 Å². The number of aromatic nitrogens is 1. The molecule has 0 saturated heterocycles. The second kappa shape index (κ2) is 14.2. The Labute approximate surface area is 213 Å². The van der Waals surface area contributed by atoms with Crippen LogP contribution in [0.4, 0.5) is 13.2 Å². The summed E-state index contributed by atoms with van der Waals surface area (Å²) in [5.74, 6) is -1.10. The topological polar surface area (TPSA) is 59.4 Å². The van der Waals surface area contributed by atoms with E-state index in [0.29, 0.717) is 17.5 Å². The standard InChI is InChI=1S/C29H40F3NO3/c1-8-10-22(14-13-21(4)27(35)36-28(5,6)7)25(11-9-2)26(34)23-18-20(3)12-15-24(29(30,31)32)16-17-33-19-23/h10,12-19,21,25-26,34H,8-9,11H2,1-7H3/b14-13-,15-12?,17-16?,20-12?,20-18?,22-10+,23-18?,23-19?,24-15?,24-16?,33-17?,33-19?. The summed E-state index contributed by atoms with van der Waals surface area (Å²) in [6.07, 6.45) is 4.89. The van der Waals surface area contributed by atoms with E-state index in [4.69, 9.17) is 4.74 Å². The third-order valence-electron chi connectivity index (χ3n) is 5.36. The molecule has 1 aromatic rings. The maximum Gasteiger partial charge on any atom is 0.416 e. The van der Waals surface area contributed by atoms with Gasteiger partial charge in [-0.1, -0.05) is 56.2 Å². The molecule has 0 radical (unpaired) electrons. The Morgan fingerprint density at radius 2 is 1.83 bits per heavy atom. The first-order chi connectivity index (χ1) is 16.7. The van der Waals surface area contributed by atoms with E-state index in [1.54, 1.807) is 26.0 Å². The van der Waals surface area contributed by atoms with Crippen molar-refractivity contribution in [2.75, 3.05) is 0 Å². The van der Waals surface area contributed by atoms with Crippen LogP contribution < -0.4 is 0 Å². The smallest absolute Gasteiger partial charge is 0.416 e. The number of rotatable bonds is 9. The molecule has 0 aliphatic rings. The Morgan fingerprint density at radius 3 is 2.39 bits per heavy atom. The summed E-state index contributed by atoms with van der Waals surface area (Å²) in [6.45, 7) is 12.9. The average Bonchev–Trinajstić information content (AvgIpc) is 2.76. The monoisotopic (exact) mass is 507 g/mol. The molecule has 0 aliphatic heterocycles. The molecule has 0 amide bonds. The zero-order valence-electron chi connectivity index (χ0n) is 22.4. The summed E-state index contributed by atoms with van der Waals surface area (Å²) in [7, 11) is 0. The lowest BCUT2D eigenvalue weighted by molar-refractivity contribution is -0.157. The summed E-state index contributed by atoms with van der Waals surface area (Å²) in [5, 5.41) is 11.4. The fourth-order valence-corrected chi connectivity index (χ4v) is 3.59. The molecule has 200 valence electrons. The van der Waals surface area contributed by atoms with Crippen LogP contribution in [0, 0.1) is 18.8 Å². The number of hydrogen-bond donors (Lipinski definition) is 1. The highest BCUT2D eigenvalue weighted by atomic mass is 19.4. The number of halogens is 3. The number of esters is 1. The number of aliphatic hydroxyl groups is 1. The third kappa shape index (κ3) is 10.9. The van der Waals surface area contributed by atoms with Crippen molar-refractivity contribution in [1.82, 2.24) is 4.98 Å². The van der Waals surface area contributed by atoms with Crippen LogP contribution >= 0.6 is 0 Å². The molecule has 1 N–H and O–H groups in total. The van der Waals surface area contributed by atoms with Gasteiger partial charge in [-0.25, -0.2) is 0 Å². The van der Waals surface area contributed by atoms with Crippen molar-refractivity contribution in [2.24, 2.45) is 11.8 Å². The highest BCUT2D eigenvalue weighted by Gasteiger charge is 2.29. The Bertz CT molecular complexity index is 976. The summed E-state index contributed by atoms with van der Waals surface area (Å²) >= 11 is 0. The Kier molecular flexibility index (Phi) is 12.3. The largest absolute Gasteiger partial charge is 0.460 e. The number of allylic oxidation sites excluding steroid dienone is 2. The Morgan fingerprint density at radius 1 is 1.17 bits per heavy atom. The normalized spacial score (nSPS) is 15.2. The van der Waals surface area contributed by atoms with Crippen LogP contribution in [0.3, 0.4) is 0 Å². The number of carbonyl (C=O) groups excluding carboxylic acids is 1. The lowest BCUT2D eigenvalue weighted by Crippen LogP contribution is -2.27. The van der Waals surface area contributed by atoms with Crippen LogP contribution in [0.1, 0.15) is 83.6 Å². The Hall–Kier alpha value is -2.67. The Balaban J connectivity index is 3.40. The average molecular weight is 508 g/mol. The van der Waals surface area contributed by atoms with Crippen LogP contribution in [-0.4, -0.2) is 21.7 Å². The zero-order valence-corrected chi connectivity index (χ0v) is 22.4. The first-order valence-electron chi connectivity index (χ1n) is 12.4. The quantitative estimate of drug-likeness (QED) is 0.273. The fraction of sp³-hybridized carbons (Fsp3) is 0.517.